The Morgan fingerprint density at radius 2 is 1.78 bits per heavy atom. The van der Waals surface area contributed by atoms with Crippen molar-refractivity contribution in [1.29, 1.82) is 0 Å². The Labute approximate surface area is 106 Å². The lowest BCUT2D eigenvalue weighted by Crippen LogP contribution is -2.51. The van der Waals surface area contributed by atoms with Crippen LogP contribution in [0.4, 0.5) is 4.79 Å². The standard InChI is InChI=1S/C11H21N3O4/c1-6(2)7(8(15)16)14-10(18)13-5-11(3,4)9(12)17/h6-7H,5H2,1-4H3,(H2,12,17)(H,15,16)(H2,13,14,18). The molecule has 0 aromatic rings. The summed E-state index contributed by atoms with van der Waals surface area (Å²) in [6.45, 7) is 6.59. The zero-order valence-corrected chi connectivity index (χ0v) is 11.1. The van der Waals surface area contributed by atoms with Crippen LogP contribution < -0.4 is 16.4 Å². The fourth-order valence-corrected chi connectivity index (χ4v) is 1.09. The SMILES string of the molecule is CC(C)C(NC(=O)NCC(C)(C)C(N)=O)C(=O)O. The second-order valence-electron chi connectivity index (χ2n) is 5.14. The summed E-state index contributed by atoms with van der Waals surface area (Å²) in [5.74, 6) is -1.88. The molecular weight excluding hydrogens is 238 g/mol. The predicted molar refractivity (Wildman–Crippen MR) is 65.8 cm³/mol. The third-order valence-corrected chi connectivity index (χ3v) is 2.58. The van der Waals surface area contributed by atoms with Crippen molar-refractivity contribution >= 4 is 17.9 Å². The normalized spacial score (nSPS) is 12.9. The van der Waals surface area contributed by atoms with Crippen LogP contribution in [0.1, 0.15) is 27.7 Å². The van der Waals surface area contributed by atoms with Gasteiger partial charge in [-0.3, -0.25) is 4.79 Å². The van der Waals surface area contributed by atoms with Crippen LogP contribution >= 0.6 is 0 Å². The molecule has 3 amide bonds. The number of carbonyl (C=O) groups is 3. The van der Waals surface area contributed by atoms with Crippen molar-refractivity contribution in [2.45, 2.75) is 33.7 Å². The second kappa shape index (κ2) is 6.23. The maximum atomic E-state index is 11.5. The van der Waals surface area contributed by atoms with Gasteiger partial charge < -0.3 is 21.5 Å². The first kappa shape index (κ1) is 16.2. The zero-order chi connectivity index (χ0) is 14.5. The van der Waals surface area contributed by atoms with E-state index in [2.05, 4.69) is 10.6 Å². The van der Waals surface area contributed by atoms with Gasteiger partial charge in [-0.05, 0) is 19.8 Å². The molecular formula is C11H21N3O4. The summed E-state index contributed by atoms with van der Waals surface area (Å²) in [6, 6.07) is -1.60. The Balaban J connectivity index is 4.35. The van der Waals surface area contributed by atoms with E-state index in [4.69, 9.17) is 10.8 Å². The highest BCUT2D eigenvalue weighted by molar-refractivity contribution is 5.84. The number of nitrogens with one attached hydrogen (secondary N) is 2. The molecule has 0 aromatic carbocycles. The number of hydrogen-bond donors (Lipinski definition) is 4. The van der Waals surface area contributed by atoms with Crippen LogP contribution in [0, 0.1) is 11.3 Å². The Morgan fingerprint density at radius 3 is 2.11 bits per heavy atom. The van der Waals surface area contributed by atoms with Gasteiger partial charge in [0.15, 0.2) is 0 Å². The minimum absolute atomic E-state index is 0.0403. The summed E-state index contributed by atoms with van der Waals surface area (Å²) in [7, 11) is 0. The molecule has 104 valence electrons. The smallest absolute Gasteiger partial charge is 0.326 e. The van der Waals surface area contributed by atoms with E-state index in [1.54, 1.807) is 27.7 Å². The molecule has 0 spiro atoms. The highest BCUT2D eigenvalue weighted by Gasteiger charge is 2.27. The largest absolute Gasteiger partial charge is 0.480 e. The maximum Gasteiger partial charge on any atom is 0.326 e. The summed E-state index contributed by atoms with van der Waals surface area (Å²) < 4.78 is 0. The number of carboxylic acid groups (broad SMARTS) is 1. The molecule has 0 heterocycles. The second-order valence-corrected chi connectivity index (χ2v) is 5.14. The van der Waals surface area contributed by atoms with Gasteiger partial charge in [-0.1, -0.05) is 13.8 Å². The van der Waals surface area contributed by atoms with Crippen LogP contribution in [0.15, 0.2) is 0 Å². The third-order valence-electron chi connectivity index (χ3n) is 2.58. The lowest BCUT2D eigenvalue weighted by Gasteiger charge is -2.23. The van der Waals surface area contributed by atoms with Gasteiger partial charge in [0.05, 0.1) is 5.41 Å². The Kier molecular flexibility index (Phi) is 5.61. The van der Waals surface area contributed by atoms with E-state index in [0.717, 1.165) is 0 Å². The number of rotatable bonds is 6. The molecule has 0 aliphatic rings. The van der Waals surface area contributed by atoms with Gasteiger partial charge in [0.1, 0.15) is 6.04 Å². The number of amides is 3. The van der Waals surface area contributed by atoms with Crippen molar-refractivity contribution in [3.63, 3.8) is 0 Å². The van der Waals surface area contributed by atoms with Crippen LogP contribution in [0.25, 0.3) is 0 Å². The molecule has 0 saturated carbocycles. The topological polar surface area (TPSA) is 122 Å². The minimum Gasteiger partial charge on any atom is -0.480 e. The Bertz CT molecular complexity index is 339. The highest BCUT2D eigenvalue weighted by atomic mass is 16.4. The highest BCUT2D eigenvalue weighted by Crippen LogP contribution is 2.11. The van der Waals surface area contributed by atoms with E-state index in [9.17, 15) is 14.4 Å². The zero-order valence-electron chi connectivity index (χ0n) is 11.1. The monoisotopic (exact) mass is 259 g/mol. The molecule has 0 radical (unpaired) electrons. The van der Waals surface area contributed by atoms with E-state index in [-0.39, 0.29) is 12.5 Å². The molecule has 0 rings (SSSR count). The van der Waals surface area contributed by atoms with Crippen molar-refractivity contribution in [2.24, 2.45) is 17.1 Å². The Morgan fingerprint density at radius 1 is 1.28 bits per heavy atom. The van der Waals surface area contributed by atoms with Crippen LogP contribution in [-0.4, -0.2) is 35.6 Å². The van der Waals surface area contributed by atoms with Crippen LogP contribution in [-0.2, 0) is 9.59 Å². The molecule has 0 saturated heterocycles. The van der Waals surface area contributed by atoms with Crippen molar-refractivity contribution < 1.29 is 19.5 Å². The van der Waals surface area contributed by atoms with Crippen LogP contribution in [0.2, 0.25) is 0 Å². The van der Waals surface area contributed by atoms with E-state index in [0.29, 0.717) is 0 Å². The molecule has 0 bridgehead atoms. The molecule has 7 nitrogen and oxygen atoms in total. The average Bonchev–Trinajstić information content (AvgIpc) is 2.22. The first-order valence-corrected chi connectivity index (χ1v) is 5.65. The molecule has 18 heavy (non-hydrogen) atoms. The number of nitrogens with two attached hydrogens (primary N) is 1. The van der Waals surface area contributed by atoms with Crippen molar-refractivity contribution in [1.82, 2.24) is 10.6 Å². The van der Waals surface area contributed by atoms with Gasteiger partial charge >= 0.3 is 12.0 Å². The van der Waals surface area contributed by atoms with Crippen LogP contribution in [0.3, 0.4) is 0 Å². The molecule has 7 heteroatoms. The first-order chi connectivity index (χ1) is 8.08. The van der Waals surface area contributed by atoms with Gasteiger partial charge in [-0.25, -0.2) is 9.59 Å². The lowest BCUT2D eigenvalue weighted by atomic mass is 9.93. The van der Waals surface area contributed by atoms with Gasteiger partial charge in [0, 0.05) is 6.54 Å². The van der Waals surface area contributed by atoms with Gasteiger partial charge in [0.25, 0.3) is 0 Å². The van der Waals surface area contributed by atoms with E-state index >= 15 is 0 Å². The number of hydrogen-bond acceptors (Lipinski definition) is 3. The maximum absolute atomic E-state index is 11.5. The van der Waals surface area contributed by atoms with Crippen molar-refractivity contribution in [3.05, 3.63) is 0 Å². The molecule has 0 aromatic heterocycles. The minimum atomic E-state index is -1.10. The molecule has 1 unspecified atom stereocenters. The number of aliphatic carboxylic acids is 1. The molecule has 0 aliphatic heterocycles. The van der Waals surface area contributed by atoms with Crippen molar-refractivity contribution in [3.8, 4) is 0 Å². The summed E-state index contributed by atoms with van der Waals surface area (Å²) in [5, 5.41) is 13.6. The fourth-order valence-electron chi connectivity index (χ4n) is 1.09. The molecule has 0 aliphatic carbocycles. The van der Waals surface area contributed by atoms with Gasteiger partial charge in [0.2, 0.25) is 5.91 Å². The number of primary amides is 1. The first-order valence-electron chi connectivity index (χ1n) is 5.65. The number of carboxylic acids is 1. The van der Waals surface area contributed by atoms with Gasteiger partial charge in [-0.2, -0.15) is 0 Å². The van der Waals surface area contributed by atoms with E-state index in [1.165, 1.54) is 0 Å². The summed E-state index contributed by atoms with van der Waals surface area (Å²) >= 11 is 0. The fraction of sp³-hybridized carbons (Fsp3) is 0.727. The third kappa shape index (κ3) is 5.03. The summed E-state index contributed by atoms with van der Waals surface area (Å²) in [5.41, 5.74) is 4.27. The quantitative estimate of drug-likeness (QED) is 0.532. The summed E-state index contributed by atoms with van der Waals surface area (Å²) in [4.78, 5) is 33.4. The van der Waals surface area contributed by atoms with E-state index in [1.807, 2.05) is 0 Å². The predicted octanol–water partition coefficient (Wildman–Crippen LogP) is -0.0937. The summed E-state index contributed by atoms with van der Waals surface area (Å²) in [6.07, 6.45) is 0. The number of carbonyl (C=O) groups excluding carboxylic acids is 2. The Hall–Kier alpha value is -1.79. The number of urea groups is 1. The molecule has 1 atom stereocenters. The van der Waals surface area contributed by atoms with Crippen LogP contribution in [0.5, 0.6) is 0 Å². The van der Waals surface area contributed by atoms with Gasteiger partial charge in [-0.15, -0.1) is 0 Å². The van der Waals surface area contributed by atoms with Crippen molar-refractivity contribution in [2.75, 3.05) is 6.54 Å². The lowest BCUT2D eigenvalue weighted by molar-refractivity contribution is -0.140. The average molecular weight is 259 g/mol. The molecule has 0 fully saturated rings. The van der Waals surface area contributed by atoms with E-state index < -0.39 is 29.4 Å². The molecule has 5 N–H and O–H groups in total.